The summed E-state index contributed by atoms with van der Waals surface area (Å²) >= 11 is 0. The fourth-order valence-electron chi connectivity index (χ4n) is 4.57. The second-order valence-electron chi connectivity index (χ2n) is 8.92. The van der Waals surface area contributed by atoms with Gasteiger partial charge in [0.1, 0.15) is 0 Å². The van der Waals surface area contributed by atoms with E-state index in [2.05, 4.69) is 71.5 Å². The third kappa shape index (κ3) is 7.09. The lowest BCUT2D eigenvalue weighted by Crippen LogP contribution is -2.48. The first-order valence-electron chi connectivity index (χ1n) is 11.7. The number of nitrogens with zero attached hydrogens (tertiary/aromatic N) is 3. The Morgan fingerprint density at radius 3 is 2.27 bits per heavy atom. The summed E-state index contributed by atoms with van der Waals surface area (Å²) in [6.45, 7) is 16.7. The first-order chi connectivity index (χ1) is 14.1. The van der Waals surface area contributed by atoms with E-state index in [0.717, 1.165) is 32.1 Å². The highest BCUT2D eigenvalue weighted by Gasteiger charge is 2.38. The van der Waals surface area contributed by atoms with Crippen molar-refractivity contribution >= 4 is 29.9 Å². The molecule has 1 atom stereocenters. The molecule has 1 aromatic rings. The summed E-state index contributed by atoms with van der Waals surface area (Å²) in [5.41, 5.74) is 1.69. The Balaban J connectivity index is 0.00000320. The van der Waals surface area contributed by atoms with Gasteiger partial charge in [0.2, 0.25) is 0 Å². The maximum atomic E-state index is 5.00. The Morgan fingerprint density at radius 1 is 1.03 bits per heavy atom. The van der Waals surface area contributed by atoms with Gasteiger partial charge < -0.3 is 20.4 Å². The van der Waals surface area contributed by atoms with Crippen LogP contribution in [0.25, 0.3) is 0 Å². The van der Waals surface area contributed by atoms with E-state index in [-0.39, 0.29) is 29.4 Å². The van der Waals surface area contributed by atoms with Crippen molar-refractivity contribution in [3.05, 3.63) is 35.9 Å². The number of likely N-dealkylation sites (N-methyl/N-ethyl adjacent to an activating group) is 1. The molecule has 1 aromatic carbocycles. The van der Waals surface area contributed by atoms with Crippen LogP contribution in [0.15, 0.2) is 35.3 Å². The minimum absolute atomic E-state index is 0. The van der Waals surface area contributed by atoms with Crippen LogP contribution in [0, 0.1) is 5.92 Å². The Labute approximate surface area is 201 Å². The molecule has 1 aliphatic heterocycles. The van der Waals surface area contributed by atoms with Gasteiger partial charge in [-0.25, -0.2) is 0 Å². The highest BCUT2D eigenvalue weighted by Crippen LogP contribution is 2.43. The molecule has 2 fully saturated rings. The van der Waals surface area contributed by atoms with Crippen LogP contribution in [0.5, 0.6) is 0 Å². The maximum absolute atomic E-state index is 5.00. The SMILES string of the molecule is CCNC(=NCC1(c2ccccc2)CCC1)NCC(C)CN1CCN(CC)CC1.I. The van der Waals surface area contributed by atoms with Gasteiger partial charge in [-0.1, -0.05) is 50.6 Å². The zero-order chi connectivity index (χ0) is 20.5. The van der Waals surface area contributed by atoms with Gasteiger partial charge in [0.25, 0.3) is 0 Å². The third-order valence-corrected chi connectivity index (χ3v) is 6.68. The van der Waals surface area contributed by atoms with Crippen molar-refractivity contribution < 1.29 is 0 Å². The van der Waals surface area contributed by atoms with Crippen LogP contribution in [0.1, 0.15) is 45.6 Å². The van der Waals surface area contributed by atoms with E-state index in [1.165, 1.54) is 57.5 Å². The molecular formula is C24H42IN5. The molecule has 1 unspecified atom stereocenters. The summed E-state index contributed by atoms with van der Waals surface area (Å²) in [5.74, 6) is 1.58. The first-order valence-corrected chi connectivity index (χ1v) is 11.7. The minimum Gasteiger partial charge on any atom is -0.357 e. The zero-order valence-corrected chi connectivity index (χ0v) is 21.5. The molecular weight excluding hydrogens is 485 g/mol. The van der Waals surface area contributed by atoms with Gasteiger partial charge in [0.15, 0.2) is 5.96 Å². The molecule has 2 N–H and O–H groups in total. The number of halogens is 1. The van der Waals surface area contributed by atoms with Gasteiger partial charge in [-0.05, 0) is 37.8 Å². The molecule has 0 amide bonds. The van der Waals surface area contributed by atoms with Crippen LogP contribution in [0.3, 0.4) is 0 Å². The predicted molar refractivity (Wildman–Crippen MR) is 139 cm³/mol. The highest BCUT2D eigenvalue weighted by atomic mass is 127. The number of rotatable bonds is 9. The summed E-state index contributed by atoms with van der Waals surface area (Å²) in [5, 5.41) is 7.05. The molecule has 1 saturated heterocycles. The zero-order valence-electron chi connectivity index (χ0n) is 19.2. The molecule has 2 aliphatic rings. The smallest absolute Gasteiger partial charge is 0.191 e. The van der Waals surface area contributed by atoms with E-state index in [4.69, 9.17) is 4.99 Å². The Hall–Kier alpha value is -0.860. The van der Waals surface area contributed by atoms with Gasteiger partial charge in [-0.3, -0.25) is 4.99 Å². The number of hydrogen-bond acceptors (Lipinski definition) is 3. The second kappa shape index (κ2) is 12.9. The lowest BCUT2D eigenvalue weighted by molar-refractivity contribution is 0.124. The molecule has 0 aromatic heterocycles. The van der Waals surface area contributed by atoms with E-state index >= 15 is 0 Å². The fraction of sp³-hybridized carbons (Fsp3) is 0.708. The van der Waals surface area contributed by atoms with Crippen LogP contribution in [-0.4, -0.2) is 74.7 Å². The molecule has 30 heavy (non-hydrogen) atoms. The molecule has 3 rings (SSSR count). The first kappa shape index (κ1) is 25.4. The van der Waals surface area contributed by atoms with Crippen LogP contribution in [0.4, 0.5) is 0 Å². The van der Waals surface area contributed by atoms with E-state index in [1.54, 1.807) is 0 Å². The largest absolute Gasteiger partial charge is 0.357 e. The predicted octanol–water partition coefficient (Wildman–Crippen LogP) is 3.56. The summed E-state index contributed by atoms with van der Waals surface area (Å²) in [6, 6.07) is 11.0. The molecule has 170 valence electrons. The van der Waals surface area contributed by atoms with Crippen molar-refractivity contribution in [2.75, 3.05) is 58.9 Å². The average Bonchev–Trinajstić information content (AvgIpc) is 2.72. The van der Waals surface area contributed by atoms with Crippen LogP contribution in [-0.2, 0) is 5.41 Å². The van der Waals surface area contributed by atoms with Crippen molar-refractivity contribution in [2.45, 2.75) is 45.4 Å². The lowest BCUT2D eigenvalue weighted by Gasteiger charge is -2.41. The minimum atomic E-state index is 0. The Morgan fingerprint density at radius 2 is 1.70 bits per heavy atom. The second-order valence-corrected chi connectivity index (χ2v) is 8.92. The maximum Gasteiger partial charge on any atom is 0.191 e. The summed E-state index contributed by atoms with van der Waals surface area (Å²) in [6.07, 6.45) is 3.82. The van der Waals surface area contributed by atoms with E-state index < -0.39 is 0 Å². The lowest BCUT2D eigenvalue weighted by atomic mass is 9.64. The highest BCUT2D eigenvalue weighted by molar-refractivity contribution is 14.0. The molecule has 1 heterocycles. The number of piperazine rings is 1. The molecule has 1 saturated carbocycles. The monoisotopic (exact) mass is 527 g/mol. The van der Waals surface area contributed by atoms with Gasteiger partial charge in [0, 0.05) is 51.2 Å². The Kier molecular flexibility index (Phi) is 10.9. The third-order valence-electron chi connectivity index (χ3n) is 6.68. The van der Waals surface area contributed by atoms with Crippen LogP contribution in [0.2, 0.25) is 0 Å². The normalized spacial score (nSPS) is 20.7. The van der Waals surface area contributed by atoms with Gasteiger partial charge in [0.05, 0.1) is 6.54 Å². The van der Waals surface area contributed by atoms with Crippen molar-refractivity contribution in [1.82, 2.24) is 20.4 Å². The van der Waals surface area contributed by atoms with Gasteiger partial charge in [-0.2, -0.15) is 0 Å². The molecule has 5 nitrogen and oxygen atoms in total. The van der Waals surface area contributed by atoms with Crippen LogP contribution >= 0.6 is 24.0 Å². The van der Waals surface area contributed by atoms with Gasteiger partial charge >= 0.3 is 0 Å². The average molecular weight is 528 g/mol. The number of nitrogens with one attached hydrogen (secondary N) is 2. The van der Waals surface area contributed by atoms with E-state index in [9.17, 15) is 0 Å². The van der Waals surface area contributed by atoms with Gasteiger partial charge in [-0.15, -0.1) is 24.0 Å². The van der Waals surface area contributed by atoms with E-state index in [0.29, 0.717) is 5.92 Å². The molecule has 1 aliphatic carbocycles. The summed E-state index contributed by atoms with van der Waals surface area (Å²) in [7, 11) is 0. The standard InChI is InChI=1S/C24H41N5.HI/c1-4-25-23(26-18-21(3)19-29-16-14-28(5-2)15-17-29)27-20-24(12-9-13-24)22-10-7-6-8-11-22;/h6-8,10-11,21H,4-5,9,12-20H2,1-3H3,(H2,25,26,27);1H. The summed E-state index contributed by atoms with van der Waals surface area (Å²) in [4.78, 5) is 10.2. The van der Waals surface area contributed by atoms with E-state index in [1.807, 2.05) is 0 Å². The number of aliphatic imine (C=N–C) groups is 1. The number of benzene rings is 1. The van der Waals surface area contributed by atoms with Crippen molar-refractivity contribution in [3.63, 3.8) is 0 Å². The molecule has 0 radical (unpaired) electrons. The Bertz CT molecular complexity index is 624. The molecule has 0 bridgehead atoms. The quantitative estimate of drug-likeness (QED) is 0.293. The number of guanidine groups is 1. The van der Waals surface area contributed by atoms with Crippen molar-refractivity contribution in [3.8, 4) is 0 Å². The molecule has 6 heteroatoms. The van der Waals surface area contributed by atoms with Crippen molar-refractivity contribution in [1.29, 1.82) is 0 Å². The van der Waals surface area contributed by atoms with Crippen molar-refractivity contribution in [2.24, 2.45) is 10.9 Å². The molecule has 0 spiro atoms. The van der Waals surface area contributed by atoms with Crippen LogP contribution < -0.4 is 10.6 Å². The summed E-state index contributed by atoms with van der Waals surface area (Å²) < 4.78 is 0. The number of hydrogen-bond donors (Lipinski definition) is 2. The fourth-order valence-corrected chi connectivity index (χ4v) is 4.57. The topological polar surface area (TPSA) is 42.9 Å².